The standard InChI is InChI=1S/C15H24N4/c1-11(2)16-7-8-19(4)10-13-5-6-14-15(9-13)18-12(3)17-14/h5-6,9,11,16H,7-8,10H2,1-4H3,(H,17,18). The average Bonchev–Trinajstić information content (AvgIpc) is 2.67. The van der Waals surface area contributed by atoms with Crippen LogP contribution in [-0.2, 0) is 6.54 Å². The molecule has 0 saturated heterocycles. The van der Waals surface area contributed by atoms with Crippen LogP contribution in [0.4, 0.5) is 0 Å². The number of benzene rings is 1. The average molecular weight is 260 g/mol. The third-order valence-electron chi connectivity index (χ3n) is 3.16. The number of nitrogens with zero attached hydrogens (tertiary/aromatic N) is 2. The van der Waals surface area contributed by atoms with E-state index in [0.717, 1.165) is 36.5 Å². The summed E-state index contributed by atoms with van der Waals surface area (Å²) in [6, 6.07) is 7.00. The monoisotopic (exact) mass is 260 g/mol. The number of H-pyrrole nitrogens is 1. The molecule has 0 amide bonds. The van der Waals surface area contributed by atoms with Gasteiger partial charge in [0.1, 0.15) is 5.82 Å². The summed E-state index contributed by atoms with van der Waals surface area (Å²) in [5.74, 6) is 0.974. The minimum atomic E-state index is 0.553. The van der Waals surface area contributed by atoms with Crippen molar-refractivity contribution in [2.24, 2.45) is 0 Å². The molecule has 0 fully saturated rings. The number of aromatic amines is 1. The van der Waals surface area contributed by atoms with Gasteiger partial charge in [-0.05, 0) is 31.7 Å². The van der Waals surface area contributed by atoms with Gasteiger partial charge in [0, 0.05) is 25.7 Å². The van der Waals surface area contributed by atoms with E-state index in [0.29, 0.717) is 6.04 Å². The summed E-state index contributed by atoms with van der Waals surface area (Å²) in [6.07, 6.45) is 0. The number of hydrogen-bond donors (Lipinski definition) is 2. The number of nitrogens with one attached hydrogen (secondary N) is 2. The first-order chi connectivity index (χ1) is 9.04. The molecule has 104 valence electrons. The Hall–Kier alpha value is -1.39. The van der Waals surface area contributed by atoms with Crippen LogP contribution in [-0.4, -0.2) is 41.0 Å². The fourth-order valence-corrected chi connectivity index (χ4v) is 2.22. The Bertz CT molecular complexity index is 530. The van der Waals surface area contributed by atoms with Crippen LogP contribution >= 0.6 is 0 Å². The fraction of sp³-hybridized carbons (Fsp3) is 0.533. The van der Waals surface area contributed by atoms with Crippen LogP contribution in [0.5, 0.6) is 0 Å². The van der Waals surface area contributed by atoms with Crippen molar-refractivity contribution in [1.29, 1.82) is 0 Å². The van der Waals surface area contributed by atoms with Crippen molar-refractivity contribution < 1.29 is 0 Å². The van der Waals surface area contributed by atoms with Gasteiger partial charge in [-0.3, -0.25) is 0 Å². The molecule has 1 aromatic carbocycles. The number of fused-ring (bicyclic) bond motifs is 1. The predicted molar refractivity (Wildman–Crippen MR) is 80.3 cm³/mol. The lowest BCUT2D eigenvalue weighted by molar-refractivity contribution is 0.320. The summed E-state index contributed by atoms with van der Waals surface area (Å²) in [5.41, 5.74) is 3.50. The van der Waals surface area contributed by atoms with E-state index in [1.54, 1.807) is 0 Å². The van der Waals surface area contributed by atoms with Gasteiger partial charge in [0.25, 0.3) is 0 Å². The first kappa shape index (κ1) is 14.0. The fourth-order valence-electron chi connectivity index (χ4n) is 2.22. The maximum Gasteiger partial charge on any atom is 0.104 e. The smallest absolute Gasteiger partial charge is 0.104 e. The molecule has 0 bridgehead atoms. The molecule has 2 aromatic rings. The first-order valence-electron chi connectivity index (χ1n) is 6.92. The van der Waals surface area contributed by atoms with Gasteiger partial charge in [0.2, 0.25) is 0 Å². The van der Waals surface area contributed by atoms with Gasteiger partial charge in [-0.15, -0.1) is 0 Å². The molecule has 0 aliphatic rings. The lowest BCUT2D eigenvalue weighted by Gasteiger charge is -2.18. The van der Waals surface area contributed by atoms with Crippen molar-refractivity contribution in [3.63, 3.8) is 0 Å². The van der Waals surface area contributed by atoms with Crippen molar-refractivity contribution in [2.45, 2.75) is 33.4 Å². The molecular formula is C15H24N4. The third kappa shape index (κ3) is 4.04. The summed E-state index contributed by atoms with van der Waals surface area (Å²) in [4.78, 5) is 10.0. The van der Waals surface area contributed by atoms with Gasteiger partial charge in [-0.1, -0.05) is 19.9 Å². The minimum Gasteiger partial charge on any atom is -0.342 e. The van der Waals surface area contributed by atoms with Crippen molar-refractivity contribution >= 4 is 11.0 Å². The normalized spacial score (nSPS) is 11.9. The lowest BCUT2D eigenvalue weighted by atomic mass is 10.2. The van der Waals surface area contributed by atoms with Crippen LogP contribution in [0, 0.1) is 6.92 Å². The van der Waals surface area contributed by atoms with E-state index in [1.165, 1.54) is 5.56 Å². The lowest BCUT2D eigenvalue weighted by Crippen LogP contribution is -2.32. The van der Waals surface area contributed by atoms with E-state index in [4.69, 9.17) is 0 Å². The Balaban J connectivity index is 1.92. The second kappa shape index (κ2) is 6.17. The van der Waals surface area contributed by atoms with Gasteiger partial charge in [0.15, 0.2) is 0 Å². The predicted octanol–water partition coefficient (Wildman–Crippen LogP) is 2.30. The van der Waals surface area contributed by atoms with Gasteiger partial charge in [-0.25, -0.2) is 4.98 Å². The van der Waals surface area contributed by atoms with Crippen LogP contribution in [0.3, 0.4) is 0 Å². The Morgan fingerprint density at radius 2 is 2.16 bits per heavy atom. The molecule has 0 aliphatic heterocycles. The largest absolute Gasteiger partial charge is 0.342 e. The van der Waals surface area contributed by atoms with E-state index in [-0.39, 0.29) is 0 Å². The number of rotatable bonds is 6. The highest BCUT2D eigenvalue weighted by atomic mass is 15.1. The van der Waals surface area contributed by atoms with Crippen LogP contribution < -0.4 is 5.32 Å². The van der Waals surface area contributed by atoms with Crippen molar-refractivity contribution in [2.75, 3.05) is 20.1 Å². The SMILES string of the molecule is Cc1nc2ccc(CN(C)CCNC(C)C)cc2[nH]1. The van der Waals surface area contributed by atoms with Gasteiger partial charge in [-0.2, -0.15) is 0 Å². The summed E-state index contributed by atoms with van der Waals surface area (Å²) in [5, 5.41) is 3.44. The number of aryl methyl sites for hydroxylation is 1. The zero-order valence-corrected chi connectivity index (χ0v) is 12.3. The summed E-state index contributed by atoms with van der Waals surface area (Å²) < 4.78 is 0. The van der Waals surface area contributed by atoms with Crippen molar-refractivity contribution in [1.82, 2.24) is 20.2 Å². The molecule has 2 rings (SSSR count). The van der Waals surface area contributed by atoms with E-state index < -0.39 is 0 Å². The van der Waals surface area contributed by atoms with E-state index >= 15 is 0 Å². The highest BCUT2D eigenvalue weighted by Crippen LogP contribution is 2.14. The van der Waals surface area contributed by atoms with E-state index in [9.17, 15) is 0 Å². The molecular weight excluding hydrogens is 236 g/mol. The molecule has 0 radical (unpaired) electrons. The molecule has 19 heavy (non-hydrogen) atoms. The molecule has 0 spiro atoms. The molecule has 1 heterocycles. The molecule has 0 aliphatic carbocycles. The second-order valence-electron chi connectivity index (χ2n) is 5.52. The Labute approximate surface area is 115 Å². The highest BCUT2D eigenvalue weighted by molar-refractivity contribution is 5.75. The number of hydrogen-bond acceptors (Lipinski definition) is 3. The maximum absolute atomic E-state index is 4.42. The van der Waals surface area contributed by atoms with Gasteiger partial charge in [0.05, 0.1) is 11.0 Å². The Morgan fingerprint density at radius 3 is 2.89 bits per heavy atom. The quantitative estimate of drug-likeness (QED) is 0.837. The Kier molecular flexibility index (Phi) is 4.56. The molecule has 4 nitrogen and oxygen atoms in total. The van der Waals surface area contributed by atoms with Crippen LogP contribution in [0.15, 0.2) is 18.2 Å². The van der Waals surface area contributed by atoms with E-state index in [2.05, 4.69) is 59.3 Å². The molecule has 2 N–H and O–H groups in total. The van der Waals surface area contributed by atoms with Crippen LogP contribution in [0.1, 0.15) is 25.2 Å². The summed E-state index contributed by atoms with van der Waals surface area (Å²) >= 11 is 0. The number of imidazole rings is 1. The zero-order chi connectivity index (χ0) is 13.8. The maximum atomic E-state index is 4.42. The molecule has 4 heteroatoms. The zero-order valence-electron chi connectivity index (χ0n) is 12.3. The van der Waals surface area contributed by atoms with Gasteiger partial charge >= 0.3 is 0 Å². The molecule has 1 aromatic heterocycles. The Morgan fingerprint density at radius 1 is 1.37 bits per heavy atom. The summed E-state index contributed by atoms with van der Waals surface area (Å²) in [6.45, 7) is 9.39. The number of likely N-dealkylation sites (N-methyl/N-ethyl adjacent to an activating group) is 1. The minimum absolute atomic E-state index is 0.553. The van der Waals surface area contributed by atoms with Crippen LogP contribution in [0.25, 0.3) is 11.0 Å². The second-order valence-corrected chi connectivity index (χ2v) is 5.52. The molecule has 0 unspecified atom stereocenters. The molecule has 0 saturated carbocycles. The third-order valence-corrected chi connectivity index (χ3v) is 3.16. The topological polar surface area (TPSA) is 44.0 Å². The van der Waals surface area contributed by atoms with Crippen LogP contribution in [0.2, 0.25) is 0 Å². The van der Waals surface area contributed by atoms with Crippen molar-refractivity contribution in [3.8, 4) is 0 Å². The summed E-state index contributed by atoms with van der Waals surface area (Å²) in [7, 11) is 2.16. The number of aromatic nitrogens is 2. The van der Waals surface area contributed by atoms with E-state index in [1.807, 2.05) is 6.92 Å². The first-order valence-corrected chi connectivity index (χ1v) is 6.92. The molecule has 0 atom stereocenters. The van der Waals surface area contributed by atoms with Crippen molar-refractivity contribution in [3.05, 3.63) is 29.6 Å². The van der Waals surface area contributed by atoms with Gasteiger partial charge < -0.3 is 15.2 Å². The highest BCUT2D eigenvalue weighted by Gasteiger charge is 2.04.